The van der Waals surface area contributed by atoms with Crippen LogP contribution in [0.15, 0.2) is 101 Å². The normalized spacial score (nSPS) is 11.0. The predicted molar refractivity (Wildman–Crippen MR) is 147 cm³/mol. The summed E-state index contributed by atoms with van der Waals surface area (Å²) >= 11 is 1.31. The number of carbonyl (C=O) groups is 1. The topological polar surface area (TPSA) is 93.8 Å². The van der Waals surface area contributed by atoms with Crippen molar-refractivity contribution in [1.29, 1.82) is 0 Å². The number of allylic oxidation sites excluding steroid dienone is 1. The standard InChI is InChI=1S/C28H28N6O2S/c1-4-17-34-25(18-36-27-20(2)9-8-10-21(27)3)32-33-28(34)37-19-26(35)29-22-13-15-24(16-14-22)31-30-23-11-6-5-7-12-23/h4-16H,1,17-19H2,2-3H3,(H,29,35). The average molecular weight is 513 g/mol. The van der Waals surface area contributed by atoms with Crippen molar-refractivity contribution in [2.75, 3.05) is 11.1 Å². The number of azo groups is 1. The zero-order chi connectivity index (χ0) is 26.0. The number of anilines is 1. The smallest absolute Gasteiger partial charge is 0.234 e. The van der Waals surface area contributed by atoms with Gasteiger partial charge in [-0.3, -0.25) is 9.36 Å². The third-order valence-corrected chi connectivity index (χ3v) is 6.35. The van der Waals surface area contributed by atoms with Gasteiger partial charge in [0.05, 0.1) is 17.1 Å². The molecule has 1 N–H and O–H groups in total. The summed E-state index contributed by atoms with van der Waals surface area (Å²) in [6, 6.07) is 22.7. The molecule has 0 aliphatic rings. The van der Waals surface area contributed by atoms with E-state index in [9.17, 15) is 4.79 Å². The molecule has 1 amide bonds. The molecule has 0 unspecified atom stereocenters. The number of nitrogens with one attached hydrogen (secondary N) is 1. The Labute approximate surface area is 220 Å². The molecule has 1 heterocycles. The van der Waals surface area contributed by atoms with E-state index in [0.717, 1.165) is 22.6 Å². The third kappa shape index (κ3) is 7.14. The summed E-state index contributed by atoms with van der Waals surface area (Å²) in [5, 5.41) is 20.5. The number of thioether (sulfide) groups is 1. The van der Waals surface area contributed by atoms with Crippen molar-refractivity contribution in [2.45, 2.75) is 32.2 Å². The minimum atomic E-state index is -0.148. The fraction of sp³-hybridized carbons (Fsp3) is 0.179. The Morgan fingerprint density at radius 2 is 1.65 bits per heavy atom. The molecule has 0 saturated heterocycles. The maximum absolute atomic E-state index is 12.6. The second-order valence-electron chi connectivity index (χ2n) is 8.23. The van der Waals surface area contributed by atoms with E-state index in [1.165, 1.54) is 11.8 Å². The lowest BCUT2D eigenvalue weighted by molar-refractivity contribution is -0.113. The first-order chi connectivity index (χ1) is 18.0. The van der Waals surface area contributed by atoms with E-state index in [4.69, 9.17) is 4.74 Å². The summed E-state index contributed by atoms with van der Waals surface area (Å²) < 4.78 is 7.96. The molecule has 0 saturated carbocycles. The number of benzene rings is 3. The number of aromatic nitrogens is 3. The lowest BCUT2D eigenvalue weighted by Crippen LogP contribution is -2.15. The average Bonchev–Trinajstić information content (AvgIpc) is 3.29. The summed E-state index contributed by atoms with van der Waals surface area (Å²) in [7, 11) is 0. The van der Waals surface area contributed by atoms with Crippen LogP contribution < -0.4 is 10.1 Å². The molecule has 0 fully saturated rings. The van der Waals surface area contributed by atoms with Gasteiger partial charge in [-0.2, -0.15) is 10.2 Å². The number of rotatable bonds is 11. The third-order valence-electron chi connectivity index (χ3n) is 5.38. The van der Waals surface area contributed by atoms with E-state index in [1.807, 2.05) is 66.9 Å². The van der Waals surface area contributed by atoms with E-state index in [-0.39, 0.29) is 18.3 Å². The molecule has 3 aromatic carbocycles. The van der Waals surface area contributed by atoms with E-state index < -0.39 is 0 Å². The number of nitrogens with zero attached hydrogens (tertiary/aromatic N) is 5. The van der Waals surface area contributed by atoms with Crippen LogP contribution in [0.1, 0.15) is 17.0 Å². The monoisotopic (exact) mass is 512 g/mol. The largest absolute Gasteiger partial charge is 0.485 e. The van der Waals surface area contributed by atoms with Crippen LogP contribution in [0.2, 0.25) is 0 Å². The van der Waals surface area contributed by atoms with E-state index >= 15 is 0 Å². The van der Waals surface area contributed by atoms with Gasteiger partial charge in [0, 0.05) is 12.2 Å². The van der Waals surface area contributed by atoms with Crippen molar-refractivity contribution in [2.24, 2.45) is 10.2 Å². The van der Waals surface area contributed by atoms with Crippen LogP contribution in [0.4, 0.5) is 17.1 Å². The molecular weight excluding hydrogens is 484 g/mol. The molecule has 0 aliphatic heterocycles. The number of para-hydroxylation sites is 1. The fourth-order valence-electron chi connectivity index (χ4n) is 3.56. The van der Waals surface area contributed by atoms with Crippen molar-refractivity contribution in [1.82, 2.24) is 14.8 Å². The van der Waals surface area contributed by atoms with Crippen LogP contribution >= 0.6 is 11.8 Å². The highest BCUT2D eigenvalue weighted by Crippen LogP contribution is 2.25. The Hall–Kier alpha value is -4.24. The quantitative estimate of drug-likeness (QED) is 0.135. The zero-order valence-electron chi connectivity index (χ0n) is 20.8. The highest BCUT2D eigenvalue weighted by molar-refractivity contribution is 7.99. The van der Waals surface area contributed by atoms with E-state index in [2.05, 4.69) is 32.3 Å². The highest BCUT2D eigenvalue weighted by Gasteiger charge is 2.15. The molecule has 37 heavy (non-hydrogen) atoms. The first kappa shape index (κ1) is 25.8. The number of hydrogen-bond donors (Lipinski definition) is 1. The van der Waals surface area contributed by atoms with Crippen molar-refractivity contribution in [3.63, 3.8) is 0 Å². The summed E-state index contributed by atoms with van der Waals surface area (Å²) in [5.41, 5.74) is 4.28. The summed E-state index contributed by atoms with van der Waals surface area (Å²) in [6.07, 6.45) is 1.77. The van der Waals surface area contributed by atoms with Crippen molar-refractivity contribution in [3.05, 3.63) is 102 Å². The van der Waals surface area contributed by atoms with Crippen LogP contribution in [0, 0.1) is 13.8 Å². The van der Waals surface area contributed by atoms with Crippen LogP contribution in [0.3, 0.4) is 0 Å². The Balaban J connectivity index is 1.32. The summed E-state index contributed by atoms with van der Waals surface area (Å²) in [4.78, 5) is 12.6. The van der Waals surface area contributed by atoms with Gasteiger partial charge in [-0.15, -0.1) is 16.8 Å². The van der Waals surface area contributed by atoms with Crippen LogP contribution in [-0.4, -0.2) is 26.4 Å². The van der Waals surface area contributed by atoms with Crippen molar-refractivity contribution in [3.8, 4) is 5.75 Å². The van der Waals surface area contributed by atoms with Gasteiger partial charge in [0.25, 0.3) is 0 Å². The molecule has 188 valence electrons. The second kappa shape index (κ2) is 12.6. The lowest BCUT2D eigenvalue weighted by Gasteiger charge is -2.12. The van der Waals surface area contributed by atoms with Gasteiger partial charge in [0.1, 0.15) is 12.4 Å². The molecule has 4 rings (SSSR count). The van der Waals surface area contributed by atoms with Gasteiger partial charge in [-0.25, -0.2) is 0 Å². The molecule has 8 nitrogen and oxygen atoms in total. The number of carbonyl (C=O) groups excluding carboxylic acids is 1. The molecule has 1 aromatic heterocycles. The van der Waals surface area contributed by atoms with E-state index in [1.54, 1.807) is 30.3 Å². The van der Waals surface area contributed by atoms with Crippen molar-refractivity contribution >= 4 is 34.7 Å². The van der Waals surface area contributed by atoms with Gasteiger partial charge >= 0.3 is 0 Å². The summed E-state index contributed by atoms with van der Waals surface area (Å²) in [5.74, 6) is 1.55. The number of hydrogen-bond acceptors (Lipinski definition) is 7. The van der Waals surface area contributed by atoms with Crippen molar-refractivity contribution < 1.29 is 9.53 Å². The minimum Gasteiger partial charge on any atom is -0.485 e. The summed E-state index contributed by atoms with van der Waals surface area (Å²) in [6.45, 7) is 8.64. The highest BCUT2D eigenvalue weighted by atomic mass is 32.2. The zero-order valence-corrected chi connectivity index (χ0v) is 21.6. The maximum Gasteiger partial charge on any atom is 0.234 e. The number of aryl methyl sites for hydroxylation is 2. The number of amides is 1. The van der Waals surface area contributed by atoms with Gasteiger partial charge in [-0.1, -0.05) is 54.2 Å². The molecule has 0 aliphatic carbocycles. The second-order valence-corrected chi connectivity index (χ2v) is 9.17. The molecule has 0 atom stereocenters. The first-order valence-electron chi connectivity index (χ1n) is 11.7. The Kier molecular flexibility index (Phi) is 8.83. The molecule has 9 heteroatoms. The van der Waals surface area contributed by atoms with Gasteiger partial charge in [0.2, 0.25) is 5.91 Å². The Bertz CT molecular complexity index is 1360. The lowest BCUT2D eigenvalue weighted by atomic mass is 10.1. The maximum atomic E-state index is 12.6. The van der Waals surface area contributed by atoms with Gasteiger partial charge in [0.15, 0.2) is 11.0 Å². The Morgan fingerprint density at radius 3 is 2.32 bits per heavy atom. The SMILES string of the molecule is C=CCn1c(COc2c(C)cccc2C)nnc1SCC(=O)Nc1ccc(N=Nc2ccccc2)cc1. The Morgan fingerprint density at radius 1 is 0.973 bits per heavy atom. The van der Waals surface area contributed by atoms with Gasteiger partial charge in [-0.05, 0) is 61.4 Å². The molecule has 4 aromatic rings. The molecule has 0 radical (unpaired) electrons. The van der Waals surface area contributed by atoms with Crippen LogP contribution in [0.25, 0.3) is 0 Å². The molecule has 0 bridgehead atoms. The molecule has 0 spiro atoms. The van der Waals surface area contributed by atoms with E-state index in [0.29, 0.717) is 28.9 Å². The first-order valence-corrected chi connectivity index (χ1v) is 12.7. The minimum absolute atomic E-state index is 0.148. The van der Waals surface area contributed by atoms with Crippen LogP contribution in [-0.2, 0) is 17.9 Å². The molecular formula is C28H28N6O2S. The van der Waals surface area contributed by atoms with Crippen LogP contribution in [0.5, 0.6) is 5.75 Å². The number of ether oxygens (including phenoxy) is 1. The predicted octanol–water partition coefficient (Wildman–Crippen LogP) is 6.81. The fourth-order valence-corrected chi connectivity index (χ4v) is 4.32. The van der Waals surface area contributed by atoms with Gasteiger partial charge < -0.3 is 10.1 Å².